The fourth-order valence-corrected chi connectivity index (χ4v) is 1.53. The van der Waals surface area contributed by atoms with Crippen molar-refractivity contribution in [2.24, 2.45) is 0 Å². The zero-order valence-electron chi connectivity index (χ0n) is 11.4. The Morgan fingerprint density at radius 1 is 1.26 bits per heavy atom. The molecule has 108 valence electrons. The van der Waals surface area contributed by atoms with Crippen LogP contribution in [-0.2, 0) is 6.42 Å². The Balaban J connectivity index is 2.92. The maximum absolute atomic E-state index is 12.4. The fourth-order valence-electron chi connectivity index (χ4n) is 1.53. The third-order valence-corrected chi connectivity index (χ3v) is 2.44. The van der Waals surface area contributed by atoms with Crippen LogP contribution in [0.4, 0.5) is 24.8 Å². The van der Waals surface area contributed by atoms with Gasteiger partial charge < -0.3 is 10.2 Å². The Bertz CT molecular complexity index is 406. The lowest BCUT2D eigenvalue weighted by Crippen LogP contribution is -2.31. The minimum Gasteiger partial charge on any atom is -0.370 e. The number of rotatable bonds is 6. The van der Waals surface area contributed by atoms with Crippen molar-refractivity contribution in [2.75, 3.05) is 30.4 Å². The first-order valence-electron chi connectivity index (χ1n) is 6.25. The van der Waals surface area contributed by atoms with Gasteiger partial charge in [0.25, 0.3) is 0 Å². The largest absolute Gasteiger partial charge is 0.405 e. The summed E-state index contributed by atoms with van der Waals surface area (Å²) >= 11 is 0. The Morgan fingerprint density at radius 2 is 1.95 bits per heavy atom. The van der Waals surface area contributed by atoms with Crippen molar-refractivity contribution in [3.8, 4) is 0 Å². The smallest absolute Gasteiger partial charge is 0.370 e. The second kappa shape index (κ2) is 6.58. The molecule has 4 nitrogen and oxygen atoms in total. The summed E-state index contributed by atoms with van der Waals surface area (Å²) < 4.78 is 37.1. The molecule has 0 radical (unpaired) electrons. The molecule has 0 unspecified atom stereocenters. The summed E-state index contributed by atoms with van der Waals surface area (Å²) in [6, 6.07) is 1.54. The lowest BCUT2D eigenvalue weighted by molar-refractivity contribution is -0.119. The Hall–Kier alpha value is -1.53. The fraction of sp³-hybridized carbons (Fsp3) is 0.667. The first-order valence-corrected chi connectivity index (χ1v) is 6.25. The number of aryl methyl sites for hydroxylation is 1. The Labute approximate surface area is 111 Å². The number of alkyl halides is 3. The summed E-state index contributed by atoms with van der Waals surface area (Å²) in [6.07, 6.45) is -2.75. The zero-order valence-corrected chi connectivity index (χ0v) is 11.4. The van der Waals surface area contributed by atoms with Gasteiger partial charge in [-0.2, -0.15) is 13.2 Å². The van der Waals surface area contributed by atoms with Crippen LogP contribution in [0.15, 0.2) is 6.07 Å². The molecule has 1 aromatic rings. The monoisotopic (exact) mass is 276 g/mol. The van der Waals surface area contributed by atoms with Crippen LogP contribution in [-0.4, -0.2) is 36.3 Å². The lowest BCUT2D eigenvalue weighted by atomic mass is 10.4. The molecule has 0 atom stereocenters. The van der Waals surface area contributed by atoms with E-state index in [1.54, 1.807) is 6.07 Å². The minimum absolute atomic E-state index is 0.280. The highest BCUT2D eigenvalue weighted by Crippen LogP contribution is 2.21. The molecule has 0 fully saturated rings. The SMILES string of the molecule is CCCNc1cc(N(C)CC(F)(F)F)nc(CC)n1. The topological polar surface area (TPSA) is 41.0 Å². The minimum atomic E-state index is -4.25. The molecule has 0 saturated carbocycles. The van der Waals surface area contributed by atoms with Gasteiger partial charge in [0.1, 0.15) is 24.0 Å². The molecule has 0 spiro atoms. The van der Waals surface area contributed by atoms with Crippen molar-refractivity contribution in [2.45, 2.75) is 32.9 Å². The summed E-state index contributed by atoms with van der Waals surface area (Å²) in [5.74, 6) is 1.38. The molecule has 0 bridgehead atoms. The first kappa shape index (κ1) is 15.5. The average Bonchev–Trinajstić information content (AvgIpc) is 2.33. The molecule has 1 aromatic heterocycles. The summed E-state index contributed by atoms with van der Waals surface area (Å²) in [7, 11) is 1.37. The maximum Gasteiger partial charge on any atom is 0.405 e. The van der Waals surface area contributed by atoms with Crippen LogP contribution in [0.1, 0.15) is 26.1 Å². The van der Waals surface area contributed by atoms with Crippen LogP contribution in [0.5, 0.6) is 0 Å². The summed E-state index contributed by atoms with van der Waals surface area (Å²) in [5.41, 5.74) is 0. The van der Waals surface area contributed by atoms with Gasteiger partial charge in [-0.3, -0.25) is 0 Å². The number of nitrogens with one attached hydrogen (secondary N) is 1. The highest BCUT2D eigenvalue weighted by atomic mass is 19.4. The molecule has 19 heavy (non-hydrogen) atoms. The van der Waals surface area contributed by atoms with Gasteiger partial charge in [-0.15, -0.1) is 0 Å². The third kappa shape index (κ3) is 5.32. The number of nitrogens with zero attached hydrogens (tertiary/aromatic N) is 3. The highest BCUT2D eigenvalue weighted by molar-refractivity contribution is 5.49. The predicted octanol–water partition coefficient (Wildman–Crippen LogP) is 2.86. The van der Waals surface area contributed by atoms with E-state index < -0.39 is 12.7 Å². The number of hydrogen-bond acceptors (Lipinski definition) is 4. The van der Waals surface area contributed by atoms with Crippen molar-refractivity contribution in [3.63, 3.8) is 0 Å². The van der Waals surface area contributed by atoms with E-state index in [1.807, 2.05) is 13.8 Å². The van der Waals surface area contributed by atoms with E-state index in [9.17, 15) is 13.2 Å². The van der Waals surface area contributed by atoms with Crippen LogP contribution in [0.25, 0.3) is 0 Å². The van der Waals surface area contributed by atoms with E-state index in [-0.39, 0.29) is 5.82 Å². The van der Waals surface area contributed by atoms with E-state index in [4.69, 9.17) is 0 Å². The second-order valence-electron chi connectivity index (χ2n) is 4.28. The average molecular weight is 276 g/mol. The van der Waals surface area contributed by atoms with Crippen LogP contribution in [0, 0.1) is 0 Å². The molecule has 0 aliphatic rings. The lowest BCUT2D eigenvalue weighted by Gasteiger charge is -2.21. The molecule has 1 N–H and O–H groups in total. The molecule has 0 aliphatic carbocycles. The maximum atomic E-state index is 12.4. The van der Waals surface area contributed by atoms with Crippen molar-refractivity contribution < 1.29 is 13.2 Å². The summed E-state index contributed by atoms with van der Waals surface area (Å²) in [6.45, 7) is 3.57. The predicted molar refractivity (Wildman–Crippen MR) is 69.5 cm³/mol. The van der Waals surface area contributed by atoms with Gasteiger partial charge in [-0.25, -0.2) is 9.97 Å². The molecule has 1 rings (SSSR count). The Morgan fingerprint density at radius 3 is 2.47 bits per heavy atom. The molecule has 0 saturated heterocycles. The standard InChI is InChI=1S/C12H19F3N4/c1-4-6-16-10-7-11(18-9(5-2)17-10)19(3)8-12(13,14)15/h7H,4-6,8H2,1-3H3,(H,16,17,18). The molecule has 7 heteroatoms. The summed E-state index contributed by atoms with van der Waals surface area (Å²) in [5, 5.41) is 3.07. The van der Waals surface area contributed by atoms with Gasteiger partial charge in [0.05, 0.1) is 0 Å². The highest BCUT2D eigenvalue weighted by Gasteiger charge is 2.30. The second-order valence-corrected chi connectivity index (χ2v) is 4.28. The van der Waals surface area contributed by atoms with E-state index in [0.29, 0.717) is 18.1 Å². The first-order chi connectivity index (χ1) is 8.85. The van der Waals surface area contributed by atoms with Gasteiger partial charge in [0.2, 0.25) is 0 Å². The van der Waals surface area contributed by atoms with Crippen molar-refractivity contribution in [1.82, 2.24) is 9.97 Å². The van der Waals surface area contributed by atoms with E-state index in [1.165, 1.54) is 7.05 Å². The van der Waals surface area contributed by atoms with Gasteiger partial charge in [-0.05, 0) is 6.42 Å². The van der Waals surface area contributed by atoms with Crippen molar-refractivity contribution in [1.29, 1.82) is 0 Å². The third-order valence-electron chi connectivity index (χ3n) is 2.44. The van der Waals surface area contributed by atoms with E-state index in [0.717, 1.165) is 17.9 Å². The quantitative estimate of drug-likeness (QED) is 0.867. The van der Waals surface area contributed by atoms with Crippen molar-refractivity contribution in [3.05, 3.63) is 11.9 Å². The van der Waals surface area contributed by atoms with Gasteiger partial charge >= 0.3 is 6.18 Å². The van der Waals surface area contributed by atoms with Crippen LogP contribution in [0.3, 0.4) is 0 Å². The van der Waals surface area contributed by atoms with Gasteiger partial charge in [-0.1, -0.05) is 13.8 Å². The van der Waals surface area contributed by atoms with E-state index in [2.05, 4.69) is 15.3 Å². The molecule has 1 heterocycles. The number of halogens is 3. The number of anilines is 2. The van der Waals surface area contributed by atoms with Crippen molar-refractivity contribution >= 4 is 11.6 Å². The number of hydrogen-bond donors (Lipinski definition) is 1. The molecule has 0 aliphatic heterocycles. The number of aromatic nitrogens is 2. The van der Waals surface area contributed by atoms with E-state index >= 15 is 0 Å². The zero-order chi connectivity index (χ0) is 14.5. The molecule has 0 aromatic carbocycles. The molecular formula is C12H19F3N4. The molecular weight excluding hydrogens is 257 g/mol. The van der Waals surface area contributed by atoms with Gasteiger partial charge in [0, 0.05) is 26.1 Å². The van der Waals surface area contributed by atoms with Gasteiger partial charge in [0.15, 0.2) is 0 Å². The van der Waals surface area contributed by atoms with Crippen LogP contribution in [0.2, 0.25) is 0 Å². The van der Waals surface area contributed by atoms with Crippen LogP contribution < -0.4 is 10.2 Å². The van der Waals surface area contributed by atoms with Crippen LogP contribution >= 0.6 is 0 Å². The normalized spacial score (nSPS) is 11.5. The Kier molecular flexibility index (Phi) is 5.38. The summed E-state index contributed by atoms with van der Waals surface area (Å²) in [4.78, 5) is 9.44. The molecule has 0 amide bonds.